The minimum absolute atomic E-state index is 0.693. The second-order valence-corrected chi connectivity index (χ2v) is 5.52. The molecule has 1 N–H and O–H groups in total. The van der Waals surface area contributed by atoms with E-state index in [1.807, 2.05) is 6.20 Å². The second-order valence-electron chi connectivity index (χ2n) is 5.52. The van der Waals surface area contributed by atoms with Gasteiger partial charge in [0.15, 0.2) is 0 Å². The third-order valence-electron chi connectivity index (χ3n) is 3.00. The van der Waals surface area contributed by atoms with Gasteiger partial charge in [-0.3, -0.25) is 4.68 Å². The van der Waals surface area contributed by atoms with Crippen molar-refractivity contribution >= 4 is 0 Å². The van der Waals surface area contributed by atoms with Crippen molar-refractivity contribution in [3.8, 4) is 0 Å². The summed E-state index contributed by atoms with van der Waals surface area (Å²) in [6.45, 7) is 10.7. The average molecular weight is 252 g/mol. The number of aromatic nitrogens is 2. The molecule has 0 amide bonds. The van der Waals surface area contributed by atoms with Crippen molar-refractivity contribution in [3.63, 3.8) is 0 Å². The lowest BCUT2D eigenvalue weighted by Gasteiger charge is -2.12. The van der Waals surface area contributed by atoms with Gasteiger partial charge in [-0.25, -0.2) is 0 Å². The molecular formula is C14H28N4. The van der Waals surface area contributed by atoms with Crippen LogP contribution >= 0.6 is 0 Å². The summed E-state index contributed by atoms with van der Waals surface area (Å²) in [5, 5.41) is 8.00. The zero-order chi connectivity index (χ0) is 13.5. The van der Waals surface area contributed by atoms with Crippen LogP contribution in [0.5, 0.6) is 0 Å². The lowest BCUT2D eigenvalue weighted by molar-refractivity contribution is 0.369. The minimum atomic E-state index is 0.693. The standard InChI is InChI=1S/C14H28N4/c1-6-14-13(10-15-9-12(2)3)11-16-18(14)8-7-17(4)5/h11-12,15H,6-10H2,1-5H3. The molecule has 0 aromatic carbocycles. The lowest BCUT2D eigenvalue weighted by atomic mass is 10.2. The topological polar surface area (TPSA) is 33.1 Å². The molecule has 0 saturated carbocycles. The van der Waals surface area contributed by atoms with E-state index in [1.54, 1.807) is 0 Å². The van der Waals surface area contributed by atoms with Crippen LogP contribution in [0.25, 0.3) is 0 Å². The maximum absolute atomic E-state index is 4.51. The number of nitrogens with one attached hydrogen (secondary N) is 1. The van der Waals surface area contributed by atoms with Gasteiger partial charge < -0.3 is 10.2 Å². The van der Waals surface area contributed by atoms with E-state index in [2.05, 4.69) is 54.9 Å². The molecule has 0 spiro atoms. The van der Waals surface area contributed by atoms with Crippen molar-refractivity contribution in [1.82, 2.24) is 20.0 Å². The summed E-state index contributed by atoms with van der Waals surface area (Å²) < 4.78 is 2.15. The van der Waals surface area contributed by atoms with E-state index in [0.717, 1.165) is 32.6 Å². The fraction of sp³-hybridized carbons (Fsp3) is 0.786. The van der Waals surface area contributed by atoms with Crippen molar-refractivity contribution < 1.29 is 0 Å². The summed E-state index contributed by atoms with van der Waals surface area (Å²) >= 11 is 0. The van der Waals surface area contributed by atoms with Gasteiger partial charge in [0.25, 0.3) is 0 Å². The first kappa shape index (κ1) is 15.2. The number of likely N-dealkylation sites (N-methyl/N-ethyl adjacent to an activating group) is 1. The Morgan fingerprint density at radius 3 is 2.67 bits per heavy atom. The normalized spacial score (nSPS) is 11.7. The third-order valence-corrected chi connectivity index (χ3v) is 3.00. The van der Waals surface area contributed by atoms with E-state index in [-0.39, 0.29) is 0 Å². The van der Waals surface area contributed by atoms with E-state index in [4.69, 9.17) is 0 Å². The van der Waals surface area contributed by atoms with Crippen molar-refractivity contribution in [2.45, 2.75) is 40.3 Å². The molecule has 1 rings (SSSR count). The highest BCUT2D eigenvalue weighted by atomic mass is 15.3. The summed E-state index contributed by atoms with van der Waals surface area (Å²) in [4.78, 5) is 2.19. The monoisotopic (exact) mass is 252 g/mol. The molecule has 0 aliphatic heterocycles. The molecule has 1 aromatic rings. The van der Waals surface area contributed by atoms with E-state index < -0.39 is 0 Å². The Morgan fingerprint density at radius 1 is 1.39 bits per heavy atom. The van der Waals surface area contributed by atoms with Crippen LogP contribution in [-0.2, 0) is 19.5 Å². The molecule has 18 heavy (non-hydrogen) atoms. The molecule has 0 unspecified atom stereocenters. The number of rotatable bonds is 8. The van der Waals surface area contributed by atoms with Crippen molar-refractivity contribution in [2.24, 2.45) is 5.92 Å². The van der Waals surface area contributed by atoms with Crippen LogP contribution in [0.15, 0.2) is 6.20 Å². The van der Waals surface area contributed by atoms with Crippen LogP contribution in [0.1, 0.15) is 32.0 Å². The molecule has 0 bridgehead atoms. The molecule has 0 saturated heterocycles. The van der Waals surface area contributed by atoms with Crippen LogP contribution < -0.4 is 5.32 Å². The highest BCUT2D eigenvalue weighted by Gasteiger charge is 2.08. The van der Waals surface area contributed by atoms with Gasteiger partial charge in [-0.1, -0.05) is 20.8 Å². The number of hydrogen-bond donors (Lipinski definition) is 1. The maximum Gasteiger partial charge on any atom is 0.0539 e. The van der Waals surface area contributed by atoms with E-state index in [9.17, 15) is 0 Å². The Hall–Kier alpha value is -0.870. The van der Waals surface area contributed by atoms with Gasteiger partial charge in [0, 0.05) is 24.3 Å². The van der Waals surface area contributed by atoms with Crippen molar-refractivity contribution in [2.75, 3.05) is 27.2 Å². The van der Waals surface area contributed by atoms with Crippen LogP contribution in [0.4, 0.5) is 0 Å². The third kappa shape index (κ3) is 4.78. The molecule has 0 atom stereocenters. The molecule has 0 aliphatic carbocycles. The Balaban J connectivity index is 2.57. The molecule has 4 heteroatoms. The first-order valence-corrected chi connectivity index (χ1v) is 6.93. The summed E-state index contributed by atoms with van der Waals surface area (Å²) in [5.41, 5.74) is 2.71. The summed E-state index contributed by atoms with van der Waals surface area (Å²) in [6.07, 6.45) is 3.06. The smallest absolute Gasteiger partial charge is 0.0539 e. The fourth-order valence-corrected chi connectivity index (χ4v) is 1.99. The first-order valence-electron chi connectivity index (χ1n) is 6.93. The van der Waals surface area contributed by atoms with Gasteiger partial charge in [-0.15, -0.1) is 0 Å². The number of hydrogen-bond acceptors (Lipinski definition) is 3. The average Bonchev–Trinajstić information content (AvgIpc) is 2.68. The molecule has 104 valence electrons. The van der Waals surface area contributed by atoms with E-state index in [0.29, 0.717) is 5.92 Å². The maximum atomic E-state index is 4.51. The predicted molar refractivity (Wildman–Crippen MR) is 76.7 cm³/mol. The number of nitrogens with zero attached hydrogens (tertiary/aromatic N) is 3. The largest absolute Gasteiger partial charge is 0.312 e. The Bertz CT molecular complexity index is 342. The molecule has 0 radical (unpaired) electrons. The Labute approximate surface area is 111 Å². The van der Waals surface area contributed by atoms with Crippen LogP contribution in [0, 0.1) is 5.92 Å². The summed E-state index contributed by atoms with van der Waals surface area (Å²) in [7, 11) is 4.19. The molecule has 1 heterocycles. The lowest BCUT2D eigenvalue weighted by Crippen LogP contribution is -2.21. The van der Waals surface area contributed by atoms with Crippen LogP contribution in [0.3, 0.4) is 0 Å². The molecular weight excluding hydrogens is 224 g/mol. The second kappa shape index (κ2) is 7.54. The Morgan fingerprint density at radius 2 is 2.11 bits per heavy atom. The molecule has 0 fully saturated rings. The van der Waals surface area contributed by atoms with Gasteiger partial charge in [0.2, 0.25) is 0 Å². The van der Waals surface area contributed by atoms with E-state index in [1.165, 1.54) is 11.3 Å². The molecule has 0 aliphatic rings. The van der Waals surface area contributed by atoms with Crippen LogP contribution in [-0.4, -0.2) is 41.9 Å². The summed E-state index contributed by atoms with van der Waals surface area (Å²) in [5.74, 6) is 0.693. The summed E-state index contributed by atoms with van der Waals surface area (Å²) in [6, 6.07) is 0. The zero-order valence-corrected chi connectivity index (χ0v) is 12.5. The van der Waals surface area contributed by atoms with E-state index >= 15 is 0 Å². The SMILES string of the molecule is CCc1c(CNCC(C)C)cnn1CCN(C)C. The Kier molecular flexibility index (Phi) is 6.36. The van der Waals surface area contributed by atoms with Crippen LogP contribution in [0.2, 0.25) is 0 Å². The van der Waals surface area contributed by atoms with Crippen molar-refractivity contribution in [1.29, 1.82) is 0 Å². The highest BCUT2D eigenvalue weighted by Crippen LogP contribution is 2.09. The predicted octanol–water partition coefficient (Wildman–Crippen LogP) is 1.75. The van der Waals surface area contributed by atoms with Gasteiger partial charge in [0.1, 0.15) is 0 Å². The fourth-order valence-electron chi connectivity index (χ4n) is 1.99. The van der Waals surface area contributed by atoms with Gasteiger partial charge in [-0.2, -0.15) is 5.10 Å². The van der Waals surface area contributed by atoms with Gasteiger partial charge >= 0.3 is 0 Å². The molecule has 4 nitrogen and oxygen atoms in total. The zero-order valence-electron chi connectivity index (χ0n) is 12.5. The minimum Gasteiger partial charge on any atom is -0.312 e. The van der Waals surface area contributed by atoms with Crippen molar-refractivity contribution in [3.05, 3.63) is 17.5 Å². The quantitative estimate of drug-likeness (QED) is 0.765. The first-order chi connectivity index (χ1) is 8.54. The molecule has 1 aromatic heterocycles. The van der Waals surface area contributed by atoms with Gasteiger partial charge in [-0.05, 0) is 33.0 Å². The highest BCUT2D eigenvalue weighted by molar-refractivity contribution is 5.17. The van der Waals surface area contributed by atoms with Gasteiger partial charge in [0.05, 0.1) is 12.7 Å².